The van der Waals surface area contributed by atoms with E-state index in [0.717, 1.165) is 6.42 Å². The highest BCUT2D eigenvalue weighted by Crippen LogP contribution is 2.10. The molecule has 0 spiro atoms. The van der Waals surface area contributed by atoms with E-state index in [0.29, 0.717) is 12.0 Å². The Bertz CT molecular complexity index is 175. The van der Waals surface area contributed by atoms with Crippen LogP contribution in [0.1, 0.15) is 26.7 Å². The second-order valence-corrected chi connectivity index (χ2v) is 2.99. The second-order valence-electron chi connectivity index (χ2n) is 2.99. The Kier molecular flexibility index (Phi) is 5.37. The zero-order valence-electron chi connectivity index (χ0n) is 7.71. The Morgan fingerprint density at radius 1 is 1.67 bits per heavy atom. The van der Waals surface area contributed by atoms with Crippen molar-refractivity contribution in [3.05, 3.63) is 11.6 Å². The maximum Gasteiger partial charge on any atom is 0.244 e. The summed E-state index contributed by atoms with van der Waals surface area (Å²) < 4.78 is 0. The lowest BCUT2D eigenvalue weighted by Gasteiger charge is -2.08. The first-order valence-electron chi connectivity index (χ1n) is 4.21. The molecular weight excluding hydrogens is 154 g/mol. The Balaban J connectivity index is 4.14. The van der Waals surface area contributed by atoms with E-state index in [1.807, 2.05) is 19.9 Å². The minimum absolute atomic E-state index is 0.0916. The number of aliphatic hydroxyl groups is 1. The highest BCUT2D eigenvalue weighted by molar-refractivity contribution is 5.91. The Hall–Kier alpha value is -0.830. The number of aliphatic hydroxyl groups excluding tert-OH is 1. The second kappa shape index (κ2) is 5.77. The fraction of sp³-hybridized carbons (Fsp3) is 0.667. The molecule has 0 aliphatic rings. The standard InChI is InChI=1S/C9H17NO2/c1-3-4-8(9(10)12)5-7(2)6-11/h4,7,11H,3,5-6H2,1-2H3,(H2,10,12)/b8-4+/t7-/m0/s1. The molecule has 0 heterocycles. The summed E-state index contributed by atoms with van der Waals surface area (Å²) in [6.45, 7) is 3.92. The molecule has 0 unspecified atom stereocenters. The van der Waals surface area contributed by atoms with Crippen LogP contribution in [0, 0.1) is 5.92 Å². The summed E-state index contributed by atoms with van der Waals surface area (Å²) in [6.07, 6.45) is 3.19. The molecule has 0 fully saturated rings. The smallest absolute Gasteiger partial charge is 0.244 e. The third-order valence-electron chi connectivity index (χ3n) is 1.65. The van der Waals surface area contributed by atoms with Crippen molar-refractivity contribution in [2.75, 3.05) is 6.61 Å². The number of hydrogen-bond donors (Lipinski definition) is 2. The molecule has 0 saturated heterocycles. The average molecular weight is 171 g/mol. The molecule has 0 saturated carbocycles. The van der Waals surface area contributed by atoms with Crippen LogP contribution in [-0.2, 0) is 4.79 Å². The van der Waals surface area contributed by atoms with E-state index in [1.54, 1.807) is 0 Å². The van der Waals surface area contributed by atoms with Gasteiger partial charge in [0, 0.05) is 12.2 Å². The number of allylic oxidation sites excluding steroid dienone is 1. The van der Waals surface area contributed by atoms with Crippen molar-refractivity contribution in [3.8, 4) is 0 Å². The number of rotatable bonds is 5. The van der Waals surface area contributed by atoms with E-state index in [4.69, 9.17) is 10.8 Å². The summed E-state index contributed by atoms with van der Waals surface area (Å²) in [7, 11) is 0. The lowest BCUT2D eigenvalue weighted by molar-refractivity contribution is -0.114. The highest BCUT2D eigenvalue weighted by Gasteiger charge is 2.08. The Morgan fingerprint density at radius 3 is 2.58 bits per heavy atom. The van der Waals surface area contributed by atoms with Crippen molar-refractivity contribution < 1.29 is 9.90 Å². The predicted molar refractivity (Wildman–Crippen MR) is 48.4 cm³/mol. The largest absolute Gasteiger partial charge is 0.396 e. The van der Waals surface area contributed by atoms with E-state index >= 15 is 0 Å². The van der Waals surface area contributed by atoms with Crippen LogP contribution in [0.25, 0.3) is 0 Å². The first kappa shape index (κ1) is 11.2. The molecule has 1 amide bonds. The topological polar surface area (TPSA) is 63.3 Å². The number of amides is 1. The molecule has 0 aromatic rings. The fourth-order valence-electron chi connectivity index (χ4n) is 0.971. The molecule has 3 nitrogen and oxygen atoms in total. The van der Waals surface area contributed by atoms with Crippen LogP contribution in [0.15, 0.2) is 11.6 Å². The fourth-order valence-corrected chi connectivity index (χ4v) is 0.971. The summed E-state index contributed by atoms with van der Waals surface area (Å²) in [5.41, 5.74) is 5.76. The monoisotopic (exact) mass is 171 g/mol. The maximum atomic E-state index is 10.8. The minimum atomic E-state index is -0.378. The van der Waals surface area contributed by atoms with Gasteiger partial charge in [-0.1, -0.05) is 19.9 Å². The van der Waals surface area contributed by atoms with Crippen molar-refractivity contribution in [1.29, 1.82) is 0 Å². The van der Waals surface area contributed by atoms with Crippen LogP contribution in [-0.4, -0.2) is 17.6 Å². The number of hydrogen-bond acceptors (Lipinski definition) is 2. The van der Waals surface area contributed by atoms with E-state index in [1.165, 1.54) is 0 Å². The Morgan fingerprint density at radius 2 is 2.25 bits per heavy atom. The van der Waals surface area contributed by atoms with Crippen LogP contribution in [0.3, 0.4) is 0 Å². The van der Waals surface area contributed by atoms with Gasteiger partial charge in [-0.25, -0.2) is 0 Å². The van der Waals surface area contributed by atoms with Gasteiger partial charge in [0.2, 0.25) is 5.91 Å². The average Bonchev–Trinajstić information content (AvgIpc) is 2.03. The van der Waals surface area contributed by atoms with Crippen LogP contribution in [0.5, 0.6) is 0 Å². The zero-order valence-corrected chi connectivity index (χ0v) is 7.71. The lowest BCUT2D eigenvalue weighted by Crippen LogP contribution is -2.17. The molecule has 3 heteroatoms. The van der Waals surface area contributed by atoms with Gasteiger partial charge in [0.1, 0.15) is 0 Å². The van der Waals surface area contributed by atoms with Gasteiger partial charge < -0.3 is 10.8 Å². The van der Waals surface area contributed by atoms with E-state index in [-0.39, 0.29) is 18.4 Å². The van der Waals surface area contributed by atoms with Crippen LogP contribution in [0.2, 0.25) is 0 Å². The van der Waals surface area contributed by atoms with Crippen LogP contribution < -0.4 is 5.73 Å². The molecular formula is C9H17NO2. The van der Waals surface area contributed by atoms with Gasteiger partial charge in [-0.05, 0) is 18.8 Å². The van der Waals surface area contributed by atoms with Crippen LogP contribution >= 0.6 is 0 Å². The molecule has 0 bridgehead atoms. The van der Waals surface area contributed by atoms with Crippen molar-refractivity contribution in [3.63, 3.8) is 0 Å². The summed E-state index contributed by atoms with van der Waals surface area (Å²) in [4.78, 5) is 10.8. The van der Waals surface area contributed by atoms with Crippen molar-refractivity contribution >= 4 is 5.91 Å². The van der Waals surface area contributed by atoms with Gasteiger partial charge in [-0.2, -0.15) is 0 Å². The van der Waals surface area contributed by atoms with Gasteiger partial charge in [-0.15, -0.1) is 0 Å². The number of primary amides is 1. The molecule has 0 aliphatic carbocycles. The normalized spacial score (nSPS) is 14.4. The quantitative estimate of drug-likeness (QED) is 0.602. The molecule has 1 atom stereocenters. The molecule has 0 rings (SSSR count). The first-order valence-corrected chi connectivity index (χ1v) is 4.21. The third kappa shape index (κ3) is 4.13. The summed E-state index contributed by atoms with van der Waals surface area (Å²) in [5.74, 6) is -0.271. The third-order valence-corrected chi connectivity index (χ3v) is 1.65. The highest BCUT2D eigenvalue weighted by atomic mass is 16.3. The molecule has 3 N–H and O–H groups in total. The molecule has 0 aromatic carbocycles. The van der Waals surface area contributed by atoms with Crippen LogP contribution in [0.4, 0.5) is 0 Å². The van der Waals surface area contributed by atoms with E-state index in [9.17, 15) is 4.79 Å². The van der Waals surface area contributed by atoms with E-state index < -0.39 is 0 Å². The summed E-state index contributed by atoms with van der Waals surface area (Å²) in [5, 5.41) is 8.75. The van der Waals surface area contributed by atoms with E-state index in [2.05, 4.69) is 0 Å². The number of carbonyl (C=O) groups excluding carboxylic acids is 1. The summed E-state index contributed by atoms with van der Waals surface area (Å²) >= 11 is 0. The Labute approximate surface area is 73.3 Å². The zero-order chi connectivity index (χ0) is 9.56. The van der Waals surface area contributed by atoms with Gasteiger partial charge in [0.05, 0.1) is 0 Å². The maximum absolute atomic E-state index is 10.8. The van der Waals surface area contributed by atoms with Crippen molar-refractivity contribution in [1.82, 2.24) is 0 Å². The van der Waals surface area contributed by atoms with Crippen molar-refractivity contribution in [2.45, 2.75) is 26.7 Å². The SMILES string of the molecule is CC/C=C(\C[C@H](C)CO)C(N)=O. The molecule has 0 aromatic heterocycles. The molecule has 0 radical (unpaired) electrons. The summed E-state index contributed by atoms with van der Waals surface area (Å²) in [6, 6.07) is 0. The number of nitrogens with two attached hydrogens (primary N) is 1. The number of carbonyl (C=O) groups is 1. The minimum Gasteiger partial charge on any atom is -0.396 e. The van der Waals surface area contributed by atoms with Gasteiger partial charge >= 0.3 is 0 Å². The lowest BCUT2D eigenvalue weighted by atomic mass is 10.0. The molecule has 70 valence electrons. The van der Waals surface area contributed by atoms with Gasteiger partial charge in [0.25, 0.3) is 0 Å². The molecule has 12 heavy (non-hydrogen) atoms. The van der Waals surface area contributed by atoms with Gasteiger partial charge in [0.15, 0.2) is 0 Å². The predicted octanol–water partition coefficient (Wildman–Crippen LogP) is 0.827. The van der Waals surface area contributed by atoms with Gasteiger partial charge in [-0.3, -0.25) is 4.79 Å². The molecule has 0 aliphatic heterocycles. The first-order chi connectivity index (χ1) is 5.61. The van der Waals surface area contributed by atoms with Crippen molar-refractivity contribution in [2.24, 2.45) is 11.7 Å².